The van der Waals surface area contributed by atoms with Crippen molar-refractivity contribution in [2.45, 2.75) is 52.9 Å². The van der Waals surface area contributed by atoms with Crippen molar-refractivity contribution in [3.8, 4) is 0 Å². The molecule has 2 unspecified atom stereocenters. The number of carbonyl (C=O) groups is 2. The second-order valence-electron chi connectivity index (χ2n) is 7.34. The summed E-state index contributed by atoms with van der Waals surface area (Å²) in [6.07, 6.45) is 8.64. The quantitative estimate of drug-likeness (QED) is 0.806. The third-order valence-corrected chi connectivity index (χ3v) is 6.44. The average Bonchev–Trinajstić information content (AvgIpc) is 2.46. The molecule has 1 fully saturated rings. The molecule has 0 heterocycles. The fourth-order valence-electron chi connectivity index (χ4n) is 5.14. The summed E-state index contributed by atoms with van der Waals surface area (Å²) in [6.45, 7) is 6.40. The van der Waals surface area contributed by atoms with Crippen LogP contribution >= 0.6 is 0 Å². The Morgan fingerprint density at radius 1 is 1.33 bits per heavy atom. The zero-order valence-corrected chi connectivity index (χ0v) is 13.2. The molecular formula is C18H25NO2. The molecule has 0 aliphatic heterocycles. The molecule has 1 saturated carbocycles. The first-order valence-corrected chi connectivity index (χ1v) is 8.12. The monoisotopic (exact) mass is 287 g/mol. The molecule has 2 N–H and O–H groups in total. The standard InChI is InChI=1S/C18H25NO2/c1-4-18-7-5-12(20)9-15(18)17(3)10-14(19)16(21)11(2)13(17)6-8-18/h9-11,13H,4-8,19H2,1-3H3/t11-,13?,17+,18?/m1/s1. The van der Waals surface area contributed by atoms with Gasteiger partial charge >= 0.3 is 0 Å². The fourth-order valence-corrected chi connectivity index (χ4v) is 5.14. The number of allylic oxidation sites excluding steroid dienone is 4. The van der Waals surface area contributed by atoms with E-state index < -0.39 is 0 Å². The molecule has 0 radical (unpaired) electrons. The van der Waals surface area contributed by atoms with Gasteiger partial charge in [0, 0.05) is 17.8 Å². The summed E-state index contributed by atoms with van der Waals surface area (Å²) in [5, 5.41) is 0. The van der Waals surface area contributed by atoms with Crippen LogP contribution in [-0.2, 0) is 9.59 Å². The van der Waals surface area contributed by atoms with Gasteiger partial charge in [-0.25, -0.2) is 0 Å². The van der Waals surface area contributed by atoms with Crippen molar-refractivity contribution in [3.05, 3.63) is 23.4 Å². The number of Topliss-reactive ketones (excluding diaryl/α,β-unsaturated/α-hetero) is 1. The first-order chi connectivity index (χ1) is 9.84. The highest BCUT2D eigenvalue weighted by Gasteiger charge is 2.55. The summed E-state index contributed by atoms with van der Waals surface area (Å²) < 4.78 is 0. The predicted molar refractivity (Wildman–Crippen MR) is 82.3 cm³/mol. The Morgan fingerprint density at radius 3 is 2.71 bits per heavy atom. The lowest BCUT2D eigenvalue weighted by Crippen LogP contribution is -2.50. The molecule has 114 valence electrons. The predicted octanol–water partition coefficient (Wildman–Crippen LogP) is 3.15. The molecule has 3 aliphatic carbocycles. The zero-order valence-electron chi connectivity index (χ0n) is 13.2. The lowest BCUT2D eigenvalue weighted by Gasteiger charge is -2.56. The lowest BCUT2D eigenvalue weighted by molar-refractivity contribution is -0.123. The van der Waals surface area contributed by atoms with Gasteiger partial charge in [-0.1, -0.05) is 26.3 Å². The van der Waals surface area contributed by atoms with Gasteiger partial charge in [0.2, 0.25) is 0 Å². The highest BCUT2D eigenvalue weighted by molar-refractivity contribution is 5.98. The Kier molecular flexibility index (Phi) is 3.16. The van der Waals surface area contributed by atoms with Gasteiger partial charge in [0.05, 0.1) is 5.70 Å². The van der Waals surface area contributed by atoms with E-state index in [9.17, 15) is 9.59 Å². The van der Waals surface area contributed by atoms with E-state index in [1.165, 1.54) is 5.57 Å². The number of hydrogen-bond donors (Lipinski definition) is 1. The summed E-state index contributed by atoms with van der Waals surface area (Å²) in [4.78, 5) is 24.2. The molecule has 0 aromatic carbocycles. The number of ketones is 2. The lowest BCUT2D eigenvalue weighted by atomic mass is 9.47. The molecule has 3 nitrogen and oxygen atoms in total. The molecule has 0 aromatic rings. The topological polar surface area (TPSA) is 60.2 Å². The minimum absolute atomic E-state index is 0.0483. The maximum atomic E-state index is 12.2. The van der Waals surface area contributed by atoms with Gasteiger partial charge in [-0.2, -0.15) is 0 Å². The van der Waals surface area contributed by atoms with Gasteiger partial charge in [-0.3, -0.25) is 9.59 Å². The second kappa shape index (κ2) is 4.56. The third kappa shape index (κ3) is 1.86. The Hall–Kier alpha value is -1.38. The molecule has 3 aliphatic rings. The van der Waals surface area contributed by atoms with Crippen LogP contribution in [0.2, 0.25) is 0 Å². The van der Waals surface area contributed by atoms with Gasteiger partial charge in [-0.05, 0) is 49.2 Å². The third-order valence-electron chi connectivity index (χ3n) is 6.44. The second-order valence-corrected chi connectivity index (χ2v) is 7.34. The van der Waals surface area contributed by atoms with Crippen molar-refractivity contribution in [3.63, 3.8) is 0 Å². The minimum atomic E-state index is -0.234. The number of nitrogens with two attached hydrogens (primary N) is 1. The van der Waals surface area contributed by atoms with E-state index in [-0.39, 0.29) is 34.2 Å². The molecule has 3 heteroatoms. The van der Waals surface area contributed by atoms with Crippen molar-refractivity contribution in [1.82, 2.24) is 0 Å². The van der Waals surface area contributed by atoms with Crippen molar-refractivity contribution >= 4 is 11.6 Å². The van der Waals surface area contributed by atoms with Gasteiger partial charge in [0.15, 0.2) is 11.6 Å². The van der Waals surface area contributed by atoms with E-state index in [0.29, 0.717) is 12.1 Å². The smallest absolute Gasteiger partial charge is 0.181 e. The summed E-state index contributed by atoms with van der Waals surface area (Å²) >= 11 is 0. The van der Waals surface area contributed by atoms with Gasteiger partial charge < -0.3 is 5.73 Å². The van der Waals surface area contributed by atoms with Crippen molar-refractivity contribution in [2.24, 2.45) is 28.4 Å². The molecular weight excluding hydrogens is 262 g/mol. The van der Waals surface area contributed by atoms with E-state index in [1.54, 1.807) is 0 Å². The number of fused-ring (bicyclic) bond motifs is 3. The maximum absolute atomic E-state index is 12.2. The first-order valence-electron chi connectivity index (χ1n) is 8.12. The number of carbonyl (C=O) groups excluding carboxylic acids is 2. The van der Waals surface area contributed by atoms with Crippen molar-refractivity contribution in [2.75, 3.05) is 0 Å². The molecule has 0 bridgehead atoms. The Bertz CT molecular complexity index is 574. The Balaban J connectivity index is 2.18. The largest absolute Gasteiger partial charge is 0.396 e. The SMILES string of the molecule is CCC12CCC(=O)C=C1[C@@]1(C)C=C(N)C(=O)[C@H](C)C1CC2. The summed E-state index contributed by atoms with van der Waals surface area (Å²) in [6, 6.07) is 0. The Morgan fingerprint density at radius 2 is 2.05 bits per heavy atom. The maximum Gasteiger partial charge on any atom is 0.181 e. The van der Waals surface area contributed by atoms with E-state index in [1.807, 2.05) is 19.1 Å². The summed E-state index contributed by atoms with van der Waals surface area (Å²) in [5.41, 5.74) is 7.53. The van der Waals surface area contributed by atoms with Gasteiger partial charge in [0.1, 0.15) is 0 Å². The highest BCUT2D eigenvalue weighted by Crippen LogP contribution is 2.62. The summed E-state index contributed by atoms with van der Waals surface area (Å²) in [5.74, 6) is 0.526. The van der Waals surface area contributed by atoms with Crippen LogP contribution < -0.4 is 5.73 Å². The van der Waals surface area contributed by atoms with Crippen LogP contribution in [0.1, 0.15) is 52.9 Å². The Labute approximate surface area is 126 Å². The van der Waals surface area contributed by atoms with E-state index in [2.05, 4.69) is 13.8 Å². The van der Waals surface area contributed by atoms with Crippen LogP contribution in [0.15, 0.2) is 23.4 Å². The summed E-state index contributed by atoms with van der Waals surface area (Å²) in [7, 11) is 0. The van der Waals surface area contributed by atoms with Crippen LogP contribution in [-0.4, -0.2) is 11.6 Å². The van der Waals surface area contributed by atoms with E-state index in [0.717, 1.165) is 25.7 Å². The molecule has 4 atom stereocenters. The van der Waals surface area contributed by atoms with Crippen molar-refractivity contribution < 1.29 is 9.59 Å². The number of rotatable bonds is 1. The fraction of sp³-hybridized carbons (Fsp3) is 0.667. The molecule has 0 saturated heterocycles. The molecule has 0 aromatic heterocycles. The normalized spacial score (nSPS) is 42.8. The van der Waals surface area contributed by atoms with Crippen LogP contribution in [0.4, 0.5) is 0 Å². The average molecular weight is 287 g/mol. The molecule has 3 rings (SSSR count). The highest BCUT2D eigenvalue weighted by atomic mass is 16.1. The molecule has 0 amide bonds. The van der Waals surface area contributed by atoms with E-state index in [4.69, 9.17) is 5.73 Å². The molecule has 0 spiro atoms. The van der Waals surface area contributed by atoms with Crippen LogP contribution in [0, 0.1) is 22.7 Å². The zero-order chi connectivity index (χ0) is 15.4. The van der Waals surface area contributed by atoms with E-state index >= 15 is 0 Å². The van der Waals surface area contributed by atoms with Crippen LogP contribution in [0.3, 0.4) is 0 Å². The van der Waals surface area contributed by atoms with Crippen molar-refractivity contribution in [1.29, 1.82) is 0 Å². The van der Waals surface area contributed by atoms with Gasteiger partial charge in [-0.15, -0.1) is 0 Å². The van der Waals surface area contributed by atoms with Crippen LogP contribution in [0.25, 0.3) is 0 Å². The minimum Gasteiger partial charge on any atom is -0.396 e. The first kappa shape index (κ1) is 14.6. The van der Waals surface area contributed by atoms with Gasteiger partial charge in [0.25, 0.3) is 0 Å². The number of hydrogen-bond acceptors (Lipinski definition) is 3. The van der Waals surface area contributed by atoms with Crippen LogP contribution in [0.5, 0.6) is 0 Å². The molecule has 21 heavy (non-hydrogen) atoms.